The van der Waals surface area contributed by atoms with E-state index in [-0.39, 0.29) is 17.3 Å². The van der Waals surface area contributed by atoms with Crippen molar-refractivity contribution in [3.05, 3.63) is 64.1 Å². The van der Waals surface area contributed by atoms with E-state index in [1.54, 1.807) is 18.2 Å². The Balaban J connectivity index is 1.50. The molecule has 2 aliphatic rings. The molecular weight excluding hydrogens is 425 g/mol. The second kappa shape index (κ2) is 8.90. The molecule has 1 fully saturated rings. The Kier molecular flexibility index (Phi) is 6.28. The van der Waals surface area contributed by atoms with Gasteiger partial charge < -0.3 is 5.32 Å². The zero-order valence-corrected chi connectivity index (χ0v) is 18.2. The number of benzene rings is 2. The Morgan fingerprint density at radius 2 is 1.76 bits per heavy atom. The molecule has 4 rings (SSSR count). The maximum Gasteiger partial charge on any atom is 0.234 e. The van der Waals surface area contributed by atoms with Crippen molar-refractivity contribution in [2.45, 2.75) is 37.8 Å². The maximum atomic E-state index is 12.5. The second-order valence-electron chi connectivity index (χ2n) is 7.22. The van der Waals surface area contributed by atoms with Crippen LogP contribution in [0.25, 0.3) is 0 Å². The maximum absolute atomic E-state index is 12.5. The van der Waals surface area contributed by atoms with Crippen LogP contribution in [0.15, 0.2) is 58.5 Å². The zero-order chi connectivity index (χ0) is 20.3. The lowest BCUT2D eigenvalue weighted by molar-refractivity contribution is -0.113. The molecule has 29 heavy (non-hydrogen) atoms. The molecule has 0 bridgehead atoms. The lowest BCUT2D eigenvalue weighted by atomic mass is 9.90. The monoisotopic (exact) mass is 445 g/mol. The van der Waals surface area contributed by atoms with Crippen molar-refractivity contribution in [3.63, 3.8) is 0 Å². The van der Waals surface area contributed by atoms with E-state index in [1.807, 2.05) is 30.3 Å². The van der Waals surface area contributed by atoms with Crippen LogP contribution in [0.1, 0.15) is 37.7 Å². The molecule has 1 amide bonds. The number of amides is 1. The van der Waals surface area contributed by atoms with Crippen LogP contribution >= 0.6 is 35.0 Å². The minimum atomic E-state index is -0.349. The number of nitrogens with one attached hydrogen (secondary N) is 1. The Bertz CT molecular complexity index is 969. The summed E-state index contributed by atoms with van der Waals surface area (Å²) in [4.78, 5) is 22.6. The van der Waals surface area contributed by atoms with E-state index in [0.717, 1.165) is 42.0 Å². The van der Waals surface area contributed by atoms with E-state index in [1.165, 1.54) is 18.2 Å². The van der Waals surface area contributed by atoms with Crippen molar-refractivity contribution in [2.24, 2.45) is 9.98 Å². The predicted molar refractivity (Wildman–Crippen MR) is 124 cm³/mol. The van der Waals surface area contributed by atoms with Crippen LogP contribution in [0.2, 0.25) is 10.0 Å². The fraction of sp³-hybridized carbons (Fsp3) is 0.318. The standard InChI is InChI=1S/C22H21Cl2N3OS/c23-16-10-7-11-17(19(16)24)25-18(28)14-29-21-20(15-8-3-1-4-9-15)26-22(27-21)12-5-2-6-13-22/h1,3-4,7-11H,2,5-6,12-14H2,(H,25,28). The van der Waals surface area contributed by atoms with E-state index < -0.39 is 0 Å². The molecule has 1 heterocycles. The SMILES string of the molecule is O=C(CSC1=NC2(CCCCC2)N=C1c1ccccc1)Nc1cccc(Cl)c1Cl. The fourth-order valence-corrected chi connectivity index (χ4v) is 4.89. The Hall–Kier alpha value is -1.82. The summed E-state index contributed by atoms with van der Waals surface area (Å²) in [5.41, 5.74) is 2.10. The van der Waals surface area contributed by atoms with Crippen LogP contribution in [-0.4, -0.2) is 28.1 Å². The molecule has 0 unspecified atom stereocenters. The largest absolute Gasteiger partial charge is 0.324 e. The first-order chi connectivity index (χ1) is 14.1. The number of carbonyl (C=O) groups is 1. The van der Waals surface area contributed by atoms with E-state index in [0.29, 0.717) is 15.7 Å². The molecule has 0 aromatic heterocycles. The Morgan fingerprint density at radius 1 is 1.00 bits per heavy atom. The lowest BCUT2D eigenvalue weighted by Crippen LogP contribution is -2.25. The van der Waals surface area contributed by atoms with E-state index in [2.05, 4.69) is 5.32 Å². The smallest absolute Gasteiger partial charge is 0.234 e. The first-order valence-corrected chi connectivity index (χ1v) is 11.4. The fourth-order valence-electron chi connectivity index (χ4n) is 3.67. The van der Waals surface area contributed by atoms with Crippen molar-refractivity contribution in [3.8, 4) is 0 Å². The third-order valence-corrected chi connectivity index (χ3v) is 6.88. The summed E-state index contributed by atoms with van der Waals surface area (Å²) in [6, 6.07) is 15.3. The topological polar surface area (TPSA) is 53.8 Å². The number of anilines is 1. The third-order valence-electron chi connectivity index (χ3n) is 5.10. The summed E-state index contributed by atoms with van der Waals surface area (Å²) >= 11 is 13.6. The molecule has 2 aromatic rings. The molecule has 7 heteroatoms. The van der Waals surface area contributed by atoms with E-state index in [4.69, 9.17) is 33.2 Å². The van der Waals surface area contributed by atoms with Crippen LogP contribution in [0, 0.1) is 0 Å². The van der Waals surface area contributed by atoms with Gasteiger partial charge >= 0.3 is 0 Å². The number of rotatable bonds is 4. The molecule has 0 radical (unpaired) electrons. The summed E-state index contributed by atoms with van der Waals surface area (Å²) in [6.07, 6.45) is 5.45. The number of carbonyl (C=O) groups excluding carboxylic acids is 1. The Morgan fingerprint density at radius 3 is 2.52 bits per heavy atom. The van der Waals surface area contributed by atoms with Crippen LogP contribution in [0.3, 0.4) is 0 Å². The van der Waals surface area contributed by atoms with Gasteiger partial charge in [0.25, 0.3) is 0 Å². The second-order valence-corrected chi connectivity index (χ2v) is 8.97. The van der Waals surface area contributed by atoms with Gasteiger partial charge in [0.2, 0.25) is 5.91 Å². The molecule has 0 saturated heterocycles. The van der Waals surface area contributed by atoms with Crippen LogP contribution < -0.4 is 5.32 Å². The quantitative estimate of drug-likeness (QED) is 0.606. The number of hydrogen-bond donors (Lipinski definition) is 1. The van der Waals surface area contributed by atoms with Crippen LogP contribution in [0.5, 0.6) is 0 Å². The van der Waals surface area contributed by atoms with E-state index in [9.17, 15) is 4.79 Å². The molecule has 1 N–H and O–H groups in total. The zero-order valence-electron chi connectivity index (χ0n) is 15.8. The number of thioether (sulfide) groups is 1. The van der Waals surface area contributed by atoms with Gasteiger partial charge in [-0.15, -0.1) is 0 Å². The Labute approximate surface area is 184 Å². The van der Waals surface area contributed by atoms with Gasteiger partial charge in [-0.2, -0.15) is 0 Å². The molecule has 2 aromatic carbocycles. The molecule has 4 nitrogen and oxygen atoms in total. The molecule has 1 aliphatic carbocycles. The van der Waals surface area contributed by atoms with Crippen LogP contribution in [-0.2, 0) is 4.79 Å². The number of nitrogens with zero attached hydrogens (tertiary/aromatic N) is 2. The number of hydrogen-bond acceptors (Lipinski definition) is 4. The summed E-state index contributed by atoms with van der Waals surface area (Å²) in [5, 5.41) is 4.43. The lowest BCUT2D eigenvalue weighted by Gasteiger charge is -2.27. The van der Waals surface area contributed by atoms with Gasteiger partial charge in [0.15, 0.2) is 5.66 Å². The van der Waals surface area contributed by atoms with Crippen molar-refractivity contribution >= 4 is 57.3 Å². The molecule has 1 spiro atoms. The minimum Gasteiger partial charge on any atom is -0.324 e. The van der Waals surface area contributed by atoms with Gasteiger partial charge in [-0.25, -0.2) is 4.99 Å². The van der Waals surface area contributed by atoms with Crippen molar-refractivity contribution in [2.75, 3.05) is 11.1 Å². The van der Waals surface area contributed by atoms with Gasteiger partial charge in [0.1, 0.15) is 5.04 Å². The molecule has 0 atom stereocenters. The summed E-state index contributed by atoms with van der Waals surface area (Å²) in [6.45, 7) is 0. The average molecular weight is 446 g/mol. The molecule has 150 valence electrons. The third kappa shape index (κ3) is 4.68. The summed E-state index contributed by atoms with van der Waals surface area (Å²) < 4.78 is 0. The molecular formula is C22H21Cl2N3OS. The van der Waals surface area contributed by atoms with Crippen molar-refractivity contribution < 1.29 is 4.79 Å². The van der Waals surface area contributed by atoms with Gasteiger partial charge in [-0.05, 0) is 37.8 Å². The highest BCUT2D eigenvalue weighted by atomic mass is 35.5. The highest BCUT2D eigenvalue weighted by Crippen LogP contribution is 2.38. The van der Waals surface area contributed by atoms with E-state index >= 15 is 0 Å². The highest BCUT2D eigenvalue weighted by molar-refractivity contribution is 8.16. The van der Waals surface area contributed by atoms with Crippen LogP contribution in [0.4, 0.5) is 5.69 Å². The number of aliphatic imine (C=N–C) groups is 2. The van der Waals surface area contributed by atoms with Crippen molar-refractivity contribution in [1.82, 2.24) is 0 Å². The normalized spacial score (nSPS) is 17.7. The van der Waals surface area contributed by atoms with Gasteiger partial charge in [-0.1, -0.05) is 77.8 Å². The van der Waals surface area contributed by atoms with Gasteiger partial charge in [0.05, 0.1) is 27.2 Å². The minimum absolute atomic E-state index is 0.154. The predicted octanol–water partition coefficient (Wildman–Crippen LogP) is 6.23. The highest BCUT2D eigenvalue weighted by Gasteiger charge is 2.37. The van der Waals surface area contributed by atoms with Crippen molar-refractivity contribution in [1.29, 1.82) is 0 Å². The molecule has 1 saturated carbocycles. The summed E-state index contributed by atoms with van der Waals surface area (Å²) in [7, 11) is 0. The number of halogens is 2. The van der Waals surface area contributed by atoms with Gasteiger partial charge in [0, 0.05) is 5.56 Å². The average Bonchev–Trinajstić information content (AvgIpc) is 3.09. The summed E-state index contributed by atoms with van der Waals surface area (Å²) in [5.74, 6) is 0.0720. The van der Waals surface area contributed by atoms with Gasteiger partial charge in [-0.3, -0.25) is 9.79 Å². The molecule has 1 aliphatic heterocycles. The first kappa shape index (κ1) is 20.5. The first-order valence-electron chi connectivity index (χ1n) is 9.68.